The van der Waals surface area contributed by atoms with Gasteiger partial charge in [0.15, 0.2) is 0 Å². The first-order chi connectivity index (χ1) is 9.09. The van der Waals surface area contributed by atoms with Gasteiger partial charge in [0.25, 0.3) is 0 Å². The molecule has 0 saturated carbocycles. The molecule has 0 aromatic heterocycles. The molecule has 0 radical (unpaired) electrons. The van der Waals surface area contributed by atoms with E-state index in [0.717, 1.165) is 25.1 Å². The van der Waals surface area contributed by atoms with Gasteiger partial charge in [0.2, 0.25) is 10.0 Å². The summed E-state index contributed by atoms with van der Waals surface area (Å²) in [6, 6.07) is 4.80. The summed E-state index contributed by atoms with van der Waals surface area (Å²) >= 11 is 0. The Labute approximate surface area is 115 Å². The van der Waals surface area contributed by atoms with Gasteiger partial charge < -0.3 is 0 Å². The van der Waals surface area contributed by atoms with E-state index in [1.54, 1.807) is 0 Å². The van der Waals surface area contributed by atoms with Crippen LogP contribution in [-0.2, 0) is 16.2 Å². The average molecular weight is 306 g/mol. The summed E-state index contributed by atoms with van der Waals surface area (Å²) in [7, 11) is -4.08. The standard InChI is InChI=1S/C12H13F3N2O2S/c1-8(6-16)7-17-20(18,19)11-5-3-4-10(9(11)2)12(13,14)15/h3-5,8,17H,7H2,1-2H3. The van der Waals surface area contributed by atoms with Crippen LogP contribution in [0.4, 0.5) is 13.2 Å². The highest BCUT2D eigenvalue weighted by Crippen LogP contribution is 2.34. The molecule has 8 heteroatoms. The third-order valence-corrected chi connectivity index (χ3v) is 4.25. The minimum Gasteiger partial charge on any atom is -0.210 e. The third-order valence-electron chi connectivity index (χ3n) is 2.68. The van der Waals surface area contributed by atoms with Crippen LogP contribution in [-0.4, -0.2) is 15.0 Å². The molecular weight excluding hydrogens is 293 g/mol. The largest absolute Gasteiger partial charge is 0.416 e. The van der Waals surface area contributed by atoms with Gasteiger partial charge in [0, 0.05) is 6.54 Å². The molecule has 1 atom stereocenters. The second-order valence-corrected chi connectivity index (χ2v) is 6.04. The number of hydrogen-bond acceptors (Lipinski definition) is 3. The van der Waals surface area contributed by atoms with Crippen LogP contribution < -0.4 is 4.72 Å². The third kappa shape index (κ3) is 3.71. The van der Waals surface area contributed by atoms with E-state index in [1.165, 1.54) is 6.92 Å². The molecule has 1 aromatic rings. The Bertz CT molecular complexity index is 633. The predicted molar refractivity (Wildman–Crippen MR) is 66.1 cm³/mol. The maximum absolute atomic E-state index is 12.7. The lowest BCUT2D eigenvalue weighted by Gasteiger charge is -2.15. The normalized spacial score (nSPS) is 13.8. The van der Waals surface area contributed by atoms with Gasteiger partial charge in [0.1, 0.15) is 0 Å². The van der Waals surface area contributed by atoms with E-state index < -0.39 is 32.6 Å². The van der Waals surface area contributed by atoms with Crippen LogP contribution in [0, 0.1) is 24.2 Å². The molecule has 0 saturated heterocycles. The minimum atomic E-state index is -4.62. The van der Waals surface area contributed by atoms with Gasteiger partial charge in [-0.25, -0.2) is 13.1 Å². The topological polar surface area (TPSA) is 70.0 Å². The van der Waals surface area contributed by atoms with Crippen molar-refractivity contribution in [2.75, 3.05) is 6.54 Å². The Morgan fingerprint density at radius 2 is 2.00 bits per heavy atom. The highest BCUT2D eigenvalue weighted by molar-refractivity contribution is 7.89. The fourth-order valence-electron chi connectivity index (χ4n) is 1.57. The van der Waals surface area contributed by atoms with Crippen molar-refractivity contribution in [3.8, 4) is 6.07 Å². The number of alkyl halides is 3. The zero-order valence-corrected chi connectivity index (χ0v) is 11.6. The van der Waals surface area contributed by atoms with Crippen LogP contribution in [0.3, 0.4) is 0 Å². The van der Waals surface area contributed by atoms with Crippen LogP contribution in [0.2, 0.25) is 0 Å². The molecule has 0 fully saturated rings. The molecule has 0 aliphatic heterocycles. The summed E-state index contributed by atoms with van der Waals surface area (Å²) in [6.07, 6.45) is -4.62. The molecule has 110 valence electrons. The van der Waals surface area contributed by atoms with Crippen molar-refractivity contribution >= 4 is 10.0 Å². The first kappa shape index (κ1) is 16.5. The van der Waals surface area contributed by atoms with Crippen LogP contribution in [0.5, 0.6) is 0 Å². The Kier molecular flexibility index (Phi) is 4.78. The van der Waals surface area contributed by atoms with Gasteiger partial charge in [-0.15, -0.1) is 0 Å². The van der Waals surface area contributed by atoms with Crippen molar-refractivity contribution in [3.05, 3.63) is 29.3 Å². The van der Waals surface area contributed by atoms with Crippen LogP contribution in [0.1, 0.15) is 18.1 Å². The summed E-state index contributed by atoms with van der Waals surface area (Å²) in [5.74, 6) is -0.573. The number of halogens is 3. The van der Waals surface area contributed by atoms with Gasteiger partial charge in [-0.1, -0.05) is 6.07 Å². The van der Waals surface area contributed by atoms with Crippen LogP contribution >= 0.6 is 0 Å². The SMILES string of the molecule is Cc1c(C(F)(F)F)cccc1S(=O)(=O)NCC(C)C#N. The minimum absolute atomic E-state index is 0.158. The van der Waals surface area contributed by atoms with Crippen molar-refractivity contribution in [2.24, 2.45) is 5.92 Å². The first-order valence-corrected chi connectivity index (χ1v) is 7.14. The number of rotatable bonds is 4. The lowest BCUT2D eigenvalue weighted by atomic mass is 10.1. The quantitative estimate of drug-likeness (QED) is 0.929. The molecule has 0 spiro atoms. The van der Waals surface area contributed by atoms with E-state index in [0.29, 0.717) is 0 Å². The zero-order valence-electron chi connectivity index (χ0n) is 10.8. The predicted octanol–water partition coefficient (Wildman–Crippen LogP) is 2.45. The summed E-state index contributed by atoms with van der Waals surface area (Å²) < 4.78 is 64.2. The molecule has 1 N–H and O–H groups in total. The van der Waals surface area contributed by atoms with E-state index in [9.17, 15) is 21.6 Å². The summed E-state index contributed by atoms with van der Waals surface area (Å²) in [5, 5.41) is 8.57. The molecular formula is C12H13F3N2O2S. The highest BCUT2D eigenvalue weighted by atomic mass is 32.2. The van der Waals surface area contributed by atoms with E-state index in [4.69, 9.17) is 5.26 Å². The van der Waals surface area contributed by atoms with Gasteiger partial charge in [0.05, 0.1) is 22.4 Å². The molecule has 1 unspecified atom stereocenters. The number of hydrogen-bond donors (Lipinski definition) is 1. The summed E-state index contributed by atoms with van der Waals surface area (Å²) in [6.45, 7) is 2.45. The average Bonchev–Trinajstić information content (AvgIpc) is 2.34. The number of sulfonamides is 1. The van der Waals surface area contributed by atoms with Crippen LogP contribution in [0.15, 0.2) is 23.1 Å². The monoisotopic (exact) mass is 306 g/mol. The van der Waals surface area contributed by atoms with Crippen molar-refractivity contribution in [1.29, 1.82) is 5.26 Å². The molecule has 0 aliphatic carbocycles. The Morgan fingerprint density at radius 3 is 2.50 bits per heavy atom. The van der Waals surface area contributed by atoms with E-state index in [1.807, 2.05) is 6.07 Å². The van der Waals surface area contributed by atoms with Gasteiger partial charge >= 0.3 is 6.18 Å². The van der Waals surface area contributed by atoms with E-state index in [2.05, 4.69) is 4.72 Å². The van der Waals surface area contributed by atoms with Crippen molar-refractivity contribution in [1.82, 2.24) is 4.72 Å². The number of nitriles is 1. The zero-order chi connectivity index (χ0) is 15.6. The van der Waals surface area contributed by atoms with Crippen molar-refractivity contribution in [3.63, 3.8) is 0 Å². The smallest absolute Gasteiger partial charge is 0.210 e. The molecule has 1 aromatic carbocycles. The number of nitrogens with zero attached hydrogens (tertiary/aromatic N) is 1. The molecule has 0 heterocycles. The van der Waals surface area contributed by atoms with Gasteiger partial charge in [-0.2, -0.15) is 18.4 Å². The molecule has 20 heavy (non-hydrogen) atoms. The van der Waals surface area contributed by atoms with Crippen molar-refractivity contribution in [2.45, 2.75) is 24.9 Å². The van der Waals surface area contributed by atoms with Crippen LogP contribution in [0.25, 0.3) is 0 Å². The molecule has 0 aliphatic rings. The van der Waals surface area contributed by atoms with Gasteiger partial charge in [-0.05, 0) is 31.5 Å². The highest BCUT2D eigenvalue weighted by Gasteiger charge is 2.34. The molecule has 0 amide bonds. The van der Waals surface area contributed by atoms with E-state index >= 15 is 0 Å². The lowest BCUT2D eigenvalue weighted by molar-refractivity contribution is -0.138. The number of nitrogens with one attached hydrogen (secondary N) is 1. The Balaban J connectivity index is 3.18. The first-order valence-electron chi connectivity index (χ1n) is 5.65. The fourth-order valence-corrected chi connectivity index (χ4v) is 2.97. The maximum Gasteiger partial charge on any atom is 0.416 e. The molecule has 0 bridgehead atoms. The summed E-state index contributed by atoms with van der Waals surface area (Å²) in [5.41, 5.74) is -1.36. The second kappa shape index (κ2) is 5.81. The van der Waals surface area contributed by atoms with E-state index in [-0.39, 0.29) is 12.1 Å². The Hall–Kier alpha value is -1.59. The lowest BCUT2D eigenvalue weighted by Crippen LogP contribution is -2.29. The molecule has 4 nitrogen and oxygen atoms in total. The Morgan fingerprint density at radius 1 is 1.40 bits per heavy atom. The fraction of sp³-hybridized carbons (Fsp3) is 0.417. The second-order valence-electron chi connectivity index (χ2n) is 4.31. The van der Waals surface area contributed by atoms with Crippen molar-refractivity contribution < 1.29 is 21.6 Å². The van der Waals surface area contributed by atoms with Gasteiger partial charge in [-0.3, -0.25) is 0 Å². The number of benzene rings is 1. The summed E-state index contributed by atoms with van der Waals surface area (Å²) in [4.78, 5) is -0.433. The maximum atomic E-state index is 12.7. The molecule has 1 rings (SSSR count).